The van der Waals surface area contributed by atoms with Crippen LogP contribution in [0.25, 0.3) is 22.5 Å². The number of aliphatic hydroxyl groups excluding tert-OH is 1. The van der Waals surface area contributed by atoms with E-state index in [1.807, 2.05) is 0 Å². The Labute approximate surface area is 151 Å². The van der Waals surface area contributed by atoms with Crippen LogP contribution in [0.2, 0.25) is 0 Å². The van der Waals surface area contributed by atoms with Gasteiger partial charge in [-0.15, -0.1) is 0 Å². The molecule has 1 atom stereocenters. The van der Waals surface area contributed by atoms with Gasteiger partial charge in [0.1, 0.15) is 11.5 Å². The first kappa shape index (κ1) is 18.8. The van der Waals surface area contributed by atoms with E-state index >= 15 is 0 Å². The van der Waals surface area contributed by atoms with Gasteiger partial charge < -0.3 is 15.9 Å². The van der Waals surface area contributed by atoms with Crippen LogP contribution in [-0.4, -0.2) is 43.2 Å². The minimum atomic E-state index is -5.05. The van der Waals surface area contributed by atoms with E-state index in [0.717, 1.165) is 12.1 Å². The molecule has 0 unspecified atom stereocenters. The first-order chi connectivity index (χ1) is 12.7. The maximum absolute atomic E-state index is 13.3. The largest absolute Gasteiger partial charge is 0.423 e. The number of hydrogen-bond acceptors (Lipinski definition) is 6. The highest BCUT2D eigenvalue weighted by Crippen LogP contribution is 2.40. The molecule has 0 aliphatic carbocycles. The number of aromatic nitrogens is 4. The monoisotopic (exact) mass is 379 g/mol. The molecule has 0 amide bonds. The molecule has 0 aliphatic heterocycles. The predicted molar refractivity (Wildman–Crippen MR) is 91.2 cm³/mol. The number of hydrogen-bond donors (Lipinski definition) is 4. The van der Waals surface area contributed by atoms with Crippen molar-refractivity contribution in [1.29, 1.82) is 0 Å². The molecule has 2 aromatic heterocycles. The van der Waals surface area contributed by atoms with Crippen molar-refractivity contribution in [2.24, 2.45) is 0 Å². The average molecular weight is 379 g/mol. The van der Waals surface area contributed by atoms with Crippen LogP contribution in [0.1, 0.15) is 11.1 Å². The Bertz CT molecular complexity index is 960. The Morgan fingerprint density at radius 2 is 1.96 bits per heavy atom. The SMILES string of the molecule is Cc1ccc([C@](O)(CO)C(F)(F)F)cc1-c1cnc(N)c(-c2cn[nH]c2)n1. The van der Waals surface area contributed by atoms with E-state index in [2.05, 4.69) is 20.2 Å². The summed E-state index contributed by atoms with van der Waals surface area (Å²) in [5, 5.41) is 25.6. The Hall–Kier alpha value is -2.98. The fourth-order valence-corrected chi connectivity index (χ4v) is 2.62. The number of nitrogen functional groups attached to an aromatic ring is 1. The van der Waals surface area contributed by atoms with Crippen molar-refractivity contribution < 1.29 is 23.4 Å². The molecule has 142 valence electrons. The van der Waals surface area contributed by atoms with Crippen LogP contribution in [0.5, 0.6) is 0 Å². The van der Waals surface area contributed by atoms with Gasteiger partial charge in [0, 0.05) is 17.3 Å². The minimum Gasteiger partial charge on any atom is -0.393 e. The molecule has 0 radical (unpaired) electrons. The molecule has 0 saturated carbocycles. The van der Waals surface area contributed by atoms with Gasteiger partial charge in [-0.05, 0) is 24.1 Å². The molecule has 0 fully saturated rings. The summed E-state index contributed by atoms with van der Waals surface area (Å²) in [7, 11) is 0. The van der Waals surface area contributed by atoms with Gasteiger partial charge in [-0.1, -0.05) is 12.1 Å². The summed E-state index contributed by atoms with van der Waals surface area (Å²) >= 11 is 0. The lowest BCUT2D eigenvalue weighted by atomic mass is 9.90. The normalized spacial score (nSPS) is 14.1. The summed E-state index contributed by atoms with van der Waals surface area (Å²) < 4.78 is 39.8. The van der Waals surface area contributed by atoms with Gasteiger partial charge in [0.25, 0.3) is 0 Å². The molecule has 0 spiro atoms. The highest BCUT2D eigenvalue weighted by molar-refractivity contribution is 5.73. The molecular weight excluding hydrogens is 363 g/mol. The third kappa shape index (κ3) is 3.24. The maximum Gasteiger partial charge on any atom is 0.423 e. The summed E-state index contributed by atoms with van der Waals surface area (Å²) in [6, 6.07) is 3.66. The van der Waals surface area contributed by atoms with Crippen molar-refractivity contribution in [1.82, 2.24) is 20.2 Å². The van der Waals surface area contributed by atoms with Gasteiger partial charge in [-0.3, -0.25) is 5.10 Å². The minimum absolute atomic E-state index is 0.135. The summed E-state index contributed by atoms with van der Waals surface area (Å²) in [6.45, 7) is 0.174. The third-order valence-corrected chi connectivity index (χ3v) is 4.26. The smallest absolute Gasteiger partial charge is 0.393 e. The summed E-state index contributed by atoms with van der Waals surface area (Å²) in [5.74, 6) is 0.135. The van der Waals surface area contributed by atoms with E-state index < -0.39 is 23.9 Å². The fraction of sp³-hybridized carbons (Fsp3) is 0.235. The number of aryl methyl sites for hydroxylation is 1. The van der Waals surface area contributed by atoms with Crippen LogP contribution in [0, 0.1) is 6.92 Å². The molecule has 3 rings (SSSR count). The van der Waals surface area contributed by atoms with Gasteiger partial charge in [0.05, 0.1) is 24.7 Å². The molecule has 0 saturated heterocycles. The first-order valence-corrected chi connectivity index (χ1v) is 7.80. The summed E-state index contributed by atoms with van der Waals surface area (Å²) in [4.78, 5) is 8.44. The lowest BCUT2D eigenvalue weighted by Crippen LogP contribution is -2.45. The second-order valence-electron chi connectivity index (χ2n) is 6.02. The third-order valence-electron chi connectivity index (χ3n) is 4.26. The summed E-state index contributed by atoms with van der Waals surface area (Å²) in [5.41, 5.74) is 4.04. The number of H-pyrrole nitrogens is 1. The zero-order valence-corrected chi connectivity index (χ0v) is 14.1. The van der Waals surface area contributed by atoms with Crippen molar-refractivity contribution >= 4 is 5.82 Å². The van der Waals surface area contributed by atoms with E-state index in [4.69, 9.17) is 5.73 Å². The van der Waals surface area contributed by atoms with Crippen LogP contribution in [0.4, 0.5) is 19.0 Å². The van der Waals surface area contributed by atoms with Gasteiger partial charge in [0.15, 0.2) is 0 Å². The molecular formula is C17H16F3N5O2. The number of aromatic amines is 1. The zero-order valence-electron chi connectivity index (χ0n) is 14.1. The molecule has 1 aromatic carbocycles. The standard InChI is InChI=1S/C17H16F3N5O2/c1-9-2-3-11(16(27,8-26)17(18,19)20)4-12(9)13-7-22-15(21)14(25-13)10-5-23-24-6-10/h2-7,26-27H,8H2,1H3,(H2,21,22)(H,23,24)/t16-/m1/s1. The van der Waals surface area contributed by atoms with Crippen molar-refractivity contribution in [3.8, 4) is 22.5 Å². The number of aliphatic hydroxyl groups is 2. The summed E-state index contributed by atoms with van der Waals surface area (Å²) in [6.07, 6.45) is -0.678. The molecule has 0 aliphatic rings. The molecule has 3 aromatic rings. The number of nitrogens with two attached hydrogens (primary N) is 1. The lowest BCUT2D eigenvalue weighted by Gasteiger charge is -2.29. The van der Waals surface area contributed by atoms with Crippen LogP contribution in [-0.2, 0) is 5.60 Å². The van der Waals surface area contributed by atoms with E-state index in [1.165, 1.54) is 18.5 Å². The predicted octanol–water partition coefficient (Wildman–Crippen LogP) is 2.17. The maximum atomic E-state index is 13.3. The van der Waals surface area contributed by atoms with Crippen LogP contribution < -0.4 is 5.73 Å². The van der Waals surface area contributed by atoms with Crippen LogP contribution in [0.3, 0.4) is 0 Å². The average Bonchev–Trinajstić information content (AvgIpc) is 3.15. The van der Waals surface area contributed by atoms with E-state index in [9.17, 15) is 23.4 Å². The Balaban J connectivity index is 2.15. The second kappa shape index (κ2) is 6.63. The number of nitrogens with one attached hydrogen (secondary N) is 1. The molecule has 5 N–H and O–H groups in total. The second-order valence-corrected chi connectivity index (χ2v) is 6.02. The first-order valence-electron chi connectivity index (χ1n) is 7.80. The fourth-order valence-electron chi connectivity index (χ4n) is 2.62. The topological polar surface area (TPSA) is 121 Å². The Morgan fingerprint density at radius 3 is 2.56 bits per heavy atom. The van der Waals surface area contributed by atoms with Gasteiger partial charge in [-0.2, -0.15) is 18.3 Å². The van der Waals surface area contributed by atoms with Crippen molar-refractivity contribution in [3.05, 3.63) is 47.9 Å². The van der Waals surface area contributed by atoms with Crippen molar-refractivity contribution in [2.45, 2.75) is 18.7 Å². The number of nitrogens with zero attached hydrogens (tertiary/aromatic N) is 3. The van der Waals surface area contributed by atoms with Gasteiger partial charge >= 0.3 is 6.18 Å². The number of alkyl halides is 3. The number of rotatable bonds is 4. The molecule has 2 heterocycles. The highest BCUT2D eigenvalue weighted by Gasteiger charge is 2.54. The van der Waals surface area contributed by atoms with E-state index in [-0.39, 0.29) is 11.5 Å². The zero-order chi connectivity index (χ0) is 19.8. The Morgan fingerprint density at radius 1 is 1.22 bits per heavy atom. The number of benzene rings is 1. The molecule has 10 heteroatoms. The molecule has 27 heavy (non-hydrogen) atoms. The van der Waals surface area contributed by atoms with Crippen LogP contribution >= 0.6 is 0 Å². The van der Waals surface area contributed by atoms with Gasteiger partial charge in [-0.25, -0.2) is 9.97 Å². The van der Waals surface area contributed by atoms with Crippen molar-refractivity contribution in [3.63, 3.8) is 0 Å². The molecule has 7 nitrogen and oxygen atoms in total. The quantitative estimate of drug-likeness (QED) is 0.551. The Kier molecular flexibility index (Phi) is 4.62. The van der Waals surface area contributed by atoms with Gasteiger partial charge in [0.2, 0.25) is 5.60 Å². The molecule has 0 bridgehead atoms. The highest BCUT2D eigenvalue weighted by atomic mass is 19.4. The lowest BCUT2D eigenvalue weighted by molar-refractivity contribution is -0.277. The van der Waals surface area contributed by atoms with Crippen molar-refractivity contribution in [2.75, 3.05) is 12.3 Å². The van der Waals surface area contributed by atoms with E-state index in [0.29, 0.717) is 22.4 Å². The number of halogens is 3. The van der Waals surface area contributed by atoms with Crippen LogP contribution in [0.15, 0.2) is 36.8 Å². The number of anilines is 1. The van der Waals surface area contributed by atoms with E-state index in [1.54, 1.807) is 13.1 Å².